The first-order valence-corrected chi connectivity index (χ1v) is 7.05. The van der Waals surface area contributed by atoms with Gasteiger partial charge in [0.1, 0.15) is 0 Å². The molecule has 0 aromatic carbocycles. The maximum atomic E-state index is 12.3. The number of carbonyl (C=O) groups is 2. The molecule has 1 aromatic heterocycles. The number of ether oxygens (including phenoxy) is 1. The molecule has 0 saturated carbocycles. The number of amides is 3. The first-order chi connectivity index (χ1) is 10.4. The average Bonchev–Trinajstić information content (AvgIpc) is 2.89. The monoisotopic (exact) mass is 339 g/mol. The highest BCUT2D eigenvalue weighted by Gasteiger charge is 2.35. The van der Waals surface area contributed by atoms with E-state index in [2.05, 4.69) is 20.8 Å². The Hall–Kier alpha value is -2.11. The molecule has 0 aliphatic carbocycles. The molecule has 1 aliphatic heterocycles. The Labute approximate surface area is 126 Å². The number of urea groups is 1. The SMILES string of the molecule is O=C(NCCN1CCCOC1=O)Nc1nnc(C(F)(F)F)s1. The standard InChI is InChI=1S/C10H12F3N5O3S/c11-10(12,13)6-16-17-8(22-6)15-7(19)14-2-4-18-3-1-5-21-9(18)20/h1-5H2,(H2,14,15,17,19). The van der Waals surface area contributed by atoms with E-state index in [-0.39, 0.29) is 29.6 Å². The predicted octanol–water partition coefficient (Wildman–Crippen LogP) is 1.52. The minimum atomic E-state index is -4.59. The molecule has 1 aromatic rings. The normalized spacial score (nSPS) is 15.4. The zero-order chi connectivity index (χ0) is 16.2. The second-order valence-electron chi connectivity index (χ2n) is 4.25. The summed E-state index contributed by atoms with van der Waals surface area (Å²) in [5, 5.41) is 9.31. The molecular weight excluding hydrogens is 327 g/mol. The van der Waals surface area contributed by atoms with Crippen LogP contribution in [0.5, 0.6) is 0 Å². The first kappa shape index (κ1) is 16.3. The smallest absolute Gasteiger partial charge is 0.445 e. The van der Waals surface area contributed by atoms with E-state index in [1.54, 1.807) is 0 Å². The zero-order valence-corrected chi connectivity index (χ0v) is 12.0. The van der Waals surface area contributed by atoms with E-state index in [1.807, 2.05) is 0 Å². The van der Waals surface area contributed by atoms with Crippen molar-refractivity contribution in [2.45, 2.75) is 12.6 Å². The summed E-state index contributed by atoms with van der Waals surface area (Å²) < 4.78 is 41.8. The Morgan fingerprint density at radius 2 is 2.18 bits per heavy atom. The lowest BCUT2D eigenvalue weighted by atomic mass is 10.3. The Morgan fingerprint density at radius 3 is 2.82 bits per heavy atom. The largest absolute Gasteiger partial charge is 0.449 e. The summed E-state index contributed by atoms with van der Waals surface area (Å²) in [5.74, 6) is 0. The van der Waals surface area contributed by atoms with Crippen LogP contribution in [0.1, 0.15) is 11.4 Å². The van der Waals surface area contributed by atoms with Crippen LogP contribution in [0.4, 0.5) is 27.9 Å². The summed E-state index contributed by atoms with van der Waals surface area (Å²) in [4.78, 5) is 24.2. The summed E-state index contributed by atoms with van der Waals surface area (Å²) in [6.07, 6.45) is -4.33. The van der Waals surface area contributed by atoms with E-state index in [0.29, 0.717) is 19.6 Å². The number of alkyl halides is 3. The van der Waals surface area contributed by atoms with Crippen molar-refractivity contribution in [2.24, 2.45) is 0 Å². The fourth-order valence-electron chi connectivity index (χ4n) is 1.63. The molecule has 0 atom stereocenters. The van der Waals surface area contributed by atoms with Crippen molar-refractivity contribution in [3.05, 3.63) is 5.01 Å². The van der Waals surface area contributed by atoms with Crippen LogP contribution in [0.15, 0.2) is 0 Å². The number of hydrogen-bond acceptors (Lipinski definition) is 6. The topological polar surface area (TPSA) is 96.5 Å². The third kappa shape index (κ3) is 4.44. The zero-order valence-electron chi connectivity index (χ0n) is 11.1. The van der Waals surface area contributed by atoms with Crippen LogP contribution in [0, 0.1) is 0 Å². The van der Waals surface area contributed by atoms with Gasteiger partial charge in [0.05, 0.1) is 6.61 Å². The molecule has 1 saturated heterocycles. The van der Waals surface area contributed by atoms with Gasteiger partial charge in [0, 0.05) is 19.6 Å². The van der Waals surface area contributed by atoms with Gasteiger partial charge in [-0.1, -0.05) is 11.3 Å². The lowest BCUT2D eigenvalue weighted by Gasteiger charge is -2.26. The quantitative estimate of drug-likeness (QED) is 0.867. The lowest BCUT2D eigenvalue weighted by Crippen LogP contribution is -2.43. The van der Waals surface area contributed by atoms with Crippen molar-refractivity contribution >= 4 is 28.6 Å². The van der Waals surface area contributed by atoms with Crippen LogP contribution in [0.2, 0.25) is 0 Å². The van der Waals surface area contributed by atoms with Crippen molar-refractivity contribution in [1.29, 1.82) is 0 Å². The lowest BCUT2D eigenvalue weighted by molar-refractivity contribution is -0.138. The molecule has 0 bridgehead atoms. The van der Waals surface area contributed by atoms with E-state index < -0.39 is 23.3 Å². The highest BCUT2D eigenvalue weighted by atomic mass is 32.1. The van der Waals surface area contributed by atoms with Gasteiger partial charge in [-0.25, -0.2) is 9.59 Å². The molecule has 0 radical (unpaired) electrons. The molecule has 0 unspecified atom stereocenters. The molecule has 0 spiro atoms. The van der Waals surface area contributed by atoms with Gasteiger partial charge in [0.15, 0.2) is 0 Å². The van der Waals surface area contributed by atoms with Gasteiger partial charge >= 0.3 is 18.3 Å². The average molecular weight is 339 g/mol. The molecule has 12 heteroatoms. The van der Waals surface area contributed by atoms with E-state index in [0.717, 1.165) is 0 Å². The molecule has 8 nitrogen and oxygen atoms in total. The summed E-state index contributed by atoms with van der Waals surface area (Å²) in [7, 11) is 0. The number of rotatable bonds is 4. The minimum absolute atomic E-state index is 0.131. The van der Waals surface area contributed by atoms with Gasteiger partial charge in [-0.05, 0) is 6.42 Å². The van der Waals surface area contributed by atoms with Crippen LogP contribution in [-0.2, 0) is 10.9 Å². The van der Waals surface area contributed by atoms with Crippen molar-refractivity contribution in [2.75, 3.05) is 31.6 Å². The fraction of sp³-hybridized carbons (Fsp3) is 0.600. The number of aromatic nitrogens is 2. The fourth-order valence-corrected chi connectivity index (χ4v) is 2.24. The third-order valence-corrected chi connectivity index (χ3v) is 3.49. The molecule has 22 heavy (non-hydrogen) atoms. The highest BCUT2D eigenvalue weighted by molar-refractivity contribution is 7.15. The second-order valence-corrected chi connectivity index (χ2v) is 5.22. The van der Waals surface area contributed by atoms with Crippen LogP contribution < -0.4 is 10.6 Å². The Kier molecular flexibility index (Phi) is 5.00. The molecule has 1 fully saturated rings. The molecule has 1 aliphatic rings. The van der Waals surface area contributed by atoms with E-state index in [1.165, 1.54) is 4.90 Å². The Morgan fingerprint density at radius 1 is 1.41 bits per heavy atom. The van der Waals surface area contributed by atoms with Gasteiger partial charge in [0.2, 0.25) is 10.1 Å². The van der Waals surface area contributed by atoms with Crippen molar-refractivity contribution in [3.8, 4) is 0 Å². The number of hydrogen-bond donors (Lipinski definition) is 2. The predicted molar refractivity (Wildman–Crippen MR) is 69.5 cm³/mol. The molecule has 2 rings (SSSR count). The summed E-state index contributed by atoms with van der Waals surface area (Å²) in [6, 6.07) is -0.727. The van der Waals surface area contributed by atoms with Gasteiger partial charge in [-0.3, -0.25) is 5.32 Å². The van der Waals surface area contributed by atoms with Crippen molar-refractivity contribution in [1.82, 2.24) is 20.4 Å². The van der Waals surface area contributed by atoms with E-state index in [9.17, 15) is 22.8 Å². The van der Waals surface area contributed by atoms with Crippen LogP contribution in [-0.4, -0.2) is 53.5 Å². The van der Waals surface area contributed by atoms with Gasteiger partial charge < -0.3 is 15.0 Å². The molecule has 122 valence electrons. The number of halogens is 3. The first-order valence-electron chi connectivity index (χ1n) is 6.23. The molecule has 2 heterocycles. The second kappa shape index (κ2) is 6.77. The minimum Gasteiger partial charge on any atom is -0.449 e. The van der Waals surface area contributed by atoms with Gasteiger partial charge in [-0.15, -0.1) is 10.2 Å². The van der Waals surface area contributed by atoms with Crippen molar-refractivity contribution in [3.63, 3.8) is 0 Å². The van der Waals surface area contributed by atoms with E-state index in [4.69, 9.17) is 4.74 Å². The highest BCUT2D eigenvalue weighted by Crippen LogP contribution is 2.32. The molecule has 2 N–H and O–H groups in total. The van der Waals surface area contributed by atoms with Crippen LogP contribution in [0.3, 0.4) is 0 Å². The number of carbonyl (C=O) groups excluding carboxylic acids is 2. The summed E-state index contributed by atoms with van der Waals surface area (Å²) >= 11 is 0.226. The number of anilines is 1. The Balaban J connectivity index is 1.74. The molecule has 3 amide bonds. The molecular formula is C10H12F3N5O3S. The Bertz CT molecular complexity index is 550. The summed E-state index contributed by atoms with van der Waals surface area (Å²) in [5.41, 5.74) is 0. The van der Waals surface area contributed by atoms with Crippen LogP contribution in [0.25, 0.3) is 0 Å². The number of nitrogens with zero attached hydrogens (tertiary/aromatic N) is 3. The maximum Gasteiger partial charge on any atom is 0.445 e. The maximum absolute atomic E-state index is 12.3. The number of cyclic esters (lactones) is 1. The van der Waals surface area contributed by atoms with Gasteiger partial charge in [-0.2, -0.15) is 13.2 Å². The van der Waals surface area contributed by atoms with Crippen LogP contribution >= 0.6 is 11.3 Å². The van der Waals surface area contributed by atoms with Gasteiger partial charge in [0.25, 0.3) is 0 Å². The van der Waals surface area contributed by atoms with Crippen molar-refractivity contribution < 1.29 is 27.5 Å². The summed E-state index contributed by atoms with van der Waals surface area (Å²) in [6.45, 7) is 1.29. The number of nitrogens with one attached hydrogen (secondary N) is 2. The third-order valence-electron chi connectivity index (χ3n) is 2.61. The van der Waals surface area contributed by atoms with E-state index >= 15 is 0 Å².